The van der Waals surface area contributed by atoms with Crippen molar-refractivity contribution in [1.82, 2.24) is 9.88 Å². The van der Waals surface area contributed by atoms with E-state index >= 15 is 0 Å². The van der Waals surface area contributed by atoms with Crippen LogP contribution in [0.25, 0.3) is 0 Å². The number of anilines is 2. The van der Waals surface area contributed by atoms with Crippen LogP contribution in [0.5, 0.6) is 5.88 Å². The summed E-state index contributed by atoms with van der Waals surface area (Å²) in [6, 6.07) is 4.43. The molecule has 0 amide bonds. The lowest BCUT2D eigenvalue weighted by Gasteiger charge is -2.26. The Morgan fingerprint density at radius 1 is 1.53 bits per heavy atom. The maximum atomic E-state index is 5.85. The second-order valence-electron chi connectivity index (χ2n) is 5.15. The van der Waals surface area contributed by atoms with Gasteiger partial charge in [0.15, 0.2) is 0 Å². The third-order valence-corrected chi connectivity index (χ3v) is 3.70. The second-order valence-corrected chi connectivity index (χ2v) is 5.15. The van der Waals surface area contributed by atoms with E-state index in [1.165, 1.54) is 19.4 Å². The normalized spacial score (nSPS) is 19.6. The monoisotopic (exact) mass is 264 g/mol. The molecule has 0 spiro atoms. The van der Waals surface area contributed by atoms with Crippen LogP contribution < -0.4 is 15.4 Å². The number of nitrogen functional groups attached to an aromatic ring is 1. The van der Waals surface area contributed by atoms with Gasteiger partial charge in [0.05, 0.1) is 12.3 Å². The highest BCUT2D eigenvalue weighted by molar-refractivity contribution is 5.54. The van der Waals surface area contributed by atoms with Crippen molar-refractivity contribution in [2.75, 3.05) is 44.4 Å². The lowest BCUT2D eigenvalue weighted by atomic mass is 10.2. The van der Waals surface area contributed by atoms with Crippen LogP contribution in [0.3, 0.4) is 0 Å². The molecule has 1 atom stereocenters. The summed E-state index contributed by atoms with van der Waals surface area (Å²) in [5, 5.41) is 0. The van der Waals surface area contributed by atoms with Crippen LogP contribution in [-0.4, -0.2) is 49.7 Å². The number of likely N-dealkylation sites (N-methyl/N-ethyl adjacent to an activating group) is 2. The number of hydrogen-bond donors (Lipinski definition) is 1. The summed E-state index contributed by atoms with van der Waals surface area (Å²) in [5.41, 5.74) is 6.44. The zero-order valence-electron chi connectivity index (χ0n) is 12.1. The number of rotatable bonds is 5. The van der Waals surface area contributed by atoms with E-state index in [1.807, 2.05) is 19.1 Å². The van der Waals surface area contributed by atoms with Gasteiger partial charge in [-0.2, -0.15) is 4.98 Å². The van der Waals surface area contributed by atoms with Gasteiger partial charge in [-0.25, -0.2) is 0 Å². The van der Waals surface area contributed by atoms with Crippen LogP contribution in [0.1, 0.15) is 19.8 Å². The first-order chi connectivity index (χ1) is 9.11. The molecular formula is C14H24N4O. The number of nitrogens with two attached hydrogens (primary N) is 1. The zero-order chi connectivity index (χ0) is 13.8. The Balaban J connectivity index is 2.05. The van der Waals surface area contributed by atoms with Gasteiger partial charge >= 0.3 is 0 Å². The SMILES string of the molecule is CCOc1nc(N(C)CC2CCCN2C)ccc1N. The Bertz CT molecular complexity index is 424. The number of aromatic nitrogens is 1. The van der Waals surface area contributed by atoms with E-state index in [9.17, 15) is 0 Å². The molecule has 19 heavy (non-hydrogen) atoms. The van der Waals surface area contributed by atoms with Gasteiger partial charge in [0.2, 0.25) is 5.88 Å². The topological polar surface area (TPSA) is 54.6 Å². The van der Waals surface area contributed by atoms with Crippen molar-refractivity contribution in [1.29, 1.82) is 0 Å². The number of nitrogens with zero attached hydrogens (tertiary/aromatic N) is 3. The van der Waals surface area contributed by atoms with Gasteiger partial charge in [-0.05, 0) is 45.5 Å². The maximum absolute atomic E-state index is 5.85. The van der Waals surface area contributed by atoms with Gasteiger partial charge in [-0.1, -0.05) is 0 Å². The molecule has 0 radical (unpaired) electrons. The third kappa shape index (κ3) is 3.29. The maximum Gasteiger partial charge on any atom is 0.239 e. The quantitative estimate of drug-likeness (QED) is 0.875. The largest absolute Gasteiger partial charge is 0.476 e. The van der Waals surface area contributed by atoms with Crippen molar-refractivity contribution in [2.24, 2.45) is 0 Å². The lowest BCUT2D eigenvalue weighted by Crippen LogP contribution is -2.37. The van der Waals surface area contributed by atoms with Crippen LogP contribution >= 0.6 is 0 Å². The third-order valence-electron chi connectivity index (χ3n) is 3.70. The number of pyridine rings is 1. The van der Waals surface area contributed by atoms with Crippen LogP contribution in [0.4, 0.5) is 11.5 Å². The number of ether oxygens (including phenoxy) is 1. The van der Waals surface area contributed by atoms with Gasteiger partial charge in [0, 0.05) is 19.6 Å². The molecule has 0 aromatic carbocycles. The van der Waals surface area contributed by atoms with Crippen molar-refractivity contribution in [2.45, 2.75) is 25.8 Å². The molecule has 1 aromatic rings. The minimum absolute atomic E-state index is 0.534. The molecule has 0 saturated carbocycles. The highest BCUT2D eigenvalue weighted by Gasteiger charge is 2.22. The van der Waals surface area contributed by atoms with Gasteiger partial charge in [0.25, 0.3) is 0 Å². The summed E-state index contributed by atoms with van der Waals surface area (Å²) >= 11 is 0. The van der Waals surface area contributed by atoms with Crippen molar-refractivity contribution in [3.05, 3.63) is 12.1 Å². The standard InChI is InChI=1S/C14H24N4O/c1-4-19-14-12(15)7-8-13(16-14)18(3)10-11-6-5-9-17(11)2/h7-8,11H,4-6,9-10,15H2,1-3H3. The van der Waals surface area contributed by atoms with Crippen molar-refractivity contribution in [3.8, 4) is 5.88 Å². The van der Waals surface area contributed by atoms with Gasteiger partial charge in [0.1, 0.15) is 5.82 Å². The molecular weight excluding hydrogens is 240 g/mol. The summed E-state index contributed by atoms with van der Waals surface area (Å²) in [4.78, 5) is 9.08. The Morgan fingerprint density at radius 2 is 2.32 bits per heavy atom. The molecule has 0 aliphatic carbocycles. The van der Waals surface area contributed by atoms with Gasteiger partial charge in [-0.3, -0.25) is 0 Å². The van der Waals surface area contributed by atoms with Crippen LogP contribution in [0.15, 0.2) is 12.1 Å². The average molecular weight is 264 g/mol. The molecule has 0 bridgehead atoms. The summed E-state index contributed by atoms with van der Waals surface area (Å²) in [6.07, 6.45) is 2.54. The van der Waals surface area contributed by atoms with Crippen molar-refractivity contribution in [3.63, 3.8) is 0 Å². The highest BCUT2D eigenvalue weighted by atomic mass is 16.5. The van der Waals surface area contributed by atoms with E-state index in [0.717, 1.165) is 12.4 Å². The molecule has 5 heteroatoms. The summed E-state index contributed by atoms with van der Waals surface area (Å²) < 4.78 is 5.45. The molecule has 2 N–H and O–H groups in total. The van der Waals surface area contributed by atoms with E-state index in [-0.39, 0.29) is 0 Å². The average Bonchev–Trinajstić information content (AvgIpc) is 2.78. The Kier molecular flexibility index (Phi) is 4.47. The fourth-order valence-corrected chi connectivity index (χ4v) is 2.53. The first-order valence-corrected chi connectivity index (χ1v) is 6.92. The molecule has 1 aliphatic rings. The fourth-order valence-electron chi connectivity index (χ4n) is 2.53. The van der Waals surface area contributed by atoms with E-state index in [2.05, 4.69) is 28.9 Å². The zero-order valence-corrected chi connectivity index (χ0v) is 12.1. The number of hydrogen-bond acceptors (Lipinski definition) is 5. The van der Waals surface area contributed by atoms with Crippen LogP contribution in [0.2, 0.25) is 0 Å². The lowest BCUT2D eigenvalue weighted by molar-refractivity contribution is 0.312. The molecule has 1 fully saturated rings. The predicted molar refractivity (Wildman–Crippen MR) is 78.7 cm³/mol. The van der Waals surface area contributed by atoms with Crippen molar-refractivity contribution < 1.29 is 4.74 Å². The van der Waals surface area contributed by atoms with E-state index in [0.29, 0.717) is 24.2 Å². The Labute approximate surface area is 115 Å². The minimum Gasteiger partial charge on any atom is -0.476 e. The van der Waals surface area contributed by atoms with E-state index in [4.69, 9.17) is 10.5 Å². The molecule has 1 aliphatic heterocycles. The van der Waals surface area contributed by atoms with Crippen LogP contribution in [0, 0.1) is 0 Å². The predicted octanol–water partition coefficient (Wildman–Crippen LogP) is 1.59. The van der Waals surface area contributed by atoms with E-state index < -0.39 is 0 Å². The molecule has 1 aromatic heterocycles. The van der Waals surface area contributed by atoms with Crippen LogP contribution in [-0.2, 0) is 0 Å². The summed E-state index contributed by atoms with van der Waals surface area (Å²) in [6.45, 7) is 4.69. The smallest absolute Gasteiger partial charge is 0.239 e. The number of likely N-dealkylation sites (tertiary alicyclic amines) is 1. The van der Waals surface area contributed by atoms with Gasteiger partial charge in [-0.15, -0.1) is 0 Å². The minimum atomic E-state index is 0.534. The first-order valence-electron chi connectivity index (χ1n) is 6.92. The van der Waals surface area contributed by atoms with Crippen molar-refractivity contribution >= 4 is 11.5 Å². The molecule has 1 unspecified atom stereocenters. The Morgan fingerprint density at radius 3 is 2.95 bits per heavy atom. The van der Waals surface area contributed by atoms with Gasteiger partial charge < -0.3 is 20.3 Å². The summed E-state index contributed by atoms with van der Waals surface area (Å²) in [7, 11) is 4.26. The summed E-state index contributed by atoms with van der Waals surface area (Å²) in [5.74, 6) is 1.45. The van der Waals surface area contributed by atoms with E-state index in [1.54, 1.807) is 0 Å². The molecule has 1 saturated heterocycles. The Hall–Kier alpha value is -1.49. The molecule has 2 heterocycles. The fraction of sp³-hybridized carbons (Fsp3) is 0.643. The molecule has 106 valence electrons. The second kappa shape index (κ2) is 6.10. The molecule has 5 nitrogen and oxygen atoms in total. The molecule has 2 rings (SSSR count). The first kappa shape index (κ1) is 13.9. The highest BCUT2D eigenvalue weighted by Crippen LogP contribution is 2.24.